The molecule has 0 spiro atoms. The Labute approximate surface area is 346 Å². The van der Waals surface area contributed by atoms with Crippen LogP contribution in [0.4, 0.5) is 0 Å². The highest BCUT2D eigenvalue weighted by molar-refractivity contribution is 6.33. The molecule has 0 amide bonds. The second-order valence-corrected chi connectivity index (χ2v) is 15.5. The summed E-state index contributed by atoms with van der Waals surface area (Å²) in [6, 6.07) is 72.0. The van der Waals surface area contributed by atoms with Crippen LogP contribution in [0.3, 0.4) is 0 Å². The largest absolute Gasteiger partial charge is 0.264 e. The highest BCUT2D eigenvalue weighted by atomic mass is 14.9. The third kappa shape index (κ3) is 5.55. The zero-order chi connectivity index (χ0) is 39.6. The van der Waals surface area contributed by atoms with E-state index in [4.69, 9.17) is 9.97 Å². The van der Waals surface area contributed by atoms with Gasteiger partial charge in [-0.2, -0.15) is 0 Å². The predicted octanol–water partition coefficient (Wildman–Crippen LogP) is 15.1. The van der Waals surface area contributed by atoms with Crippen molar-refractivity contribution in [2.75, 3.05) is 0 Å². The van der Waals surface area contributed by atoms with Gasteiger partial charge < -0.3 is 0 Å². The highest BCUT2D eigenvalue weighted by Crippen LogP contribution is 2.43. The lowest BCUT2D eigenvalue weighted by Crippen LogP contribution is -1.97. The van der Waals surface area contributed by atoms with Gasteiger partial charge in [-0.25, -0.2) is 9.97 Å². The summed E-state index contributed by atoms with van der Waals surface area (Å²) in [5.74, 6) is 0.682. The number of benzene rings is 10. The van der Waals surface area contributed by atoms with E-state index in [-0.39, 0.29) is 0 Å². The fraction of sp³-hybridized carbons (Fsp3) is 0. The number of hydrogen-bond donors (Lipinski definition) is 0. The maximum Gasteiger partial charge on any atom is 0.160 e. The maximum absolute atomic E-state index is 5.44. The van der Waals surface area contributed by atoms with E-state index < -0.39 is 0 Å². The molecule has 0 saturated heterocycles. The van der Waals surface area contributed by atoms with E-state index >= 15 is 0 Å². The minimum Gasteiger partial charge on any atom is -0.264 e. The Hall–Kier alpha value is -8.01. The number of fused-ring (bicyclic) bond motifs is 11. The third-order valence-corrected chi connectivity index (χ3v) is 12.1. The smallest absolute Gasteiger partial charge is 0.160 e. The quantitative estimate of drug-likeness (QED) is 0.164. The molecule has 2 heterocycles. The van der Waals surface area contributed by atoms with Crippen LogP contribution in [0.25, 0.3) is 121 Å². The van der Waals surface area contributed by atoms with Crippen molar-refractivity contribution in [1.82, 2.24) is 15.0 Å². The summed E-state index contributed by atoms with van der Waals surface area (Å²) in [7, 11) is 0. The molecule has 0 atom stereocenters. The Balaban J connectivity index is 1.07. The third-order valence-electron chi connectivity index (χ3n) is 12.1. The summed E-state index contributed by atoms with van der Waals surface area (Å²) < 4.78 is 0. The number of hydrogen-bond acceptors (Lipinski definition) is 3. The molecule has 10 aromatic carbocycles. The molecule has 0 bridgehead atoms. The molecule has 12 rings (SSSR count). The van der Waals surface area contributed by atoms with Crippen molar-refractivity contribution in [2.24, 2.45) is 0 Å². The van der Waals surface area contributed by atoms with Crippen molar-refractivity contribution in [3.05, 3.63) is 213 Å². The second kappa shape index (κ2) is 13.8. The Bertz CT molecular complexity index is 3630. The number of nitrogens with zero attached hydrogens (tertiary/aromatic N) is 3. The van der Waals surface area contributed by atoms with Crippen LogP contribution in [0.15, 0.2) is 213 Å². The highest BCUT2D eigenvalue weighted by Gasteiger charge is 2.18. The van der Waals surface area contributed by atoms with Crippen LogP contribution in [0.5, 0.6) is 0 Å². The normalized spacial score (nSPS) is 11.7. The van der Waals surface area contributed by atoms with Crippen molar-refractivity contribution in [1.29, 1.82) is 0 Å². The first kappa shape index (κ1) is 34.1. The fourth-order valence-electron chi connectivity index (χ4n) is 9.30. The van der Waals surface area contributed by atoms with Crippen LogP contribution < -0.4 is 0 Å². The van der Waals surface area contributed by atoms with Gasteiger partial charge in [0.1, 0.15) is 0 Å². The van der Waals surface area contributed by atoms with E-state index in [1.54, 1.807) is 6.20 Å². The average molecular weight is 762 g/mol. The minimum atomic E-state index is 0.682. The maximum atomic E-state index is 5.44. The average Bonchev–Trinajstić information content (AvgIpc) is 3.33. The first-order valence-electron chi connectivity index (χ1n) is 20.4. The molecule has 0 N–H and O–H groups in total. The fourth-order valence-corrected chi connectivity index (χ4v) is 9.30. The molecule has 60 heavy (non-hydrogen) atoms. The Morgan fingerprint density at radius 1 is 0.283 bits per heavy atom. The molecular formula is C57H35N3. The van der Waals surface area contributed by atoms with Gasteiger partial charge in [0.05, 0.1) is 11.4 Å². The molecule has 0 saturated carbocycles. The first-order valence-corrected chi connectivity index (χ1v) is 20.4. The lowest BCUT2D eigenvalue weighted by Gasteiger charge is -2.17. The van der Waals surface area contributed by atoms with Crippen LogP contribution in [0.1, 0.15) is 0 Å². The van der Waals surface area contributed by atoms with Crippen LogP contribution in [-0.4, -0.2) is 15.0 Å². The van der Waals surface area contributed by atoms with E-state index in [1.807, 2.05) is 12.3 Å². The van der Waals surface area contributed by atoms with E-state index in [2.05, 4.69) is 199 Å². The Morgan fingerprint density at radius 3 is 1.47 bits per heavy atom. The van der Waals surface area contributed by atoms with Gasteiger partial charge in [0.25, 0.3) is 0 Å². The Morgan fingerprint density at radius 2 is 0.783 bits per heavy atom. The molecule has 0 aliphatic heterocycles. The topological polar surface area (TPSA) is 38.7 Å². The summed E-state index contributed by atoms with van der Waals surface area (Å²) in [5.41, 5.74) is 9.36. The second-order valence-electron chi connectivity index (χ2n) is 15.5. The molecule has 12 aromatic rings. The van der Waals surface area contributed by atoms with Gasteiger partial charge in [0.15, 0.2) is 5.82 Å². The van der Waals surface area contributed by atoms with Gasteiger partial charge in [-0.05, 0) is 111 Å². The van der Waals surface area contributed by atoms with E-state index in [0.29, 0.717) is 5.82 Å². The van der Waals surface area contributed by atoms with Crippen molar-refractivity contribution in [3.8, 4) is 56.2 Å². The number of pyridine rings is 1. The number of rotatable bonds is 5. The molecule has 278 valence electrons. The standard InChI is InChI=1S/C57H35N3/c1-2-14-42-40(12-1)32-51(46-18-5-3-15-43(42)46)37-25-29-39(30-26-37)57-59-54(38-27-23-36(24-28-38)41-13-11-31-58-35-41)34-55(60-57)52-33-53-47-19-6-4-16-44(47)45-17-7-9-21-49(45)56(53)50-22-10-8-20-48(50)52/h1-35H. The summed E-state index contributed by atoms with van der Waals surface area (Å²) in [6.07, 6.45) is 3.71. The summed E-state index contributed by atoms with van der Waals surface area (Å²) in [6.45, 7) is 0. The molecule has 0 aliphatic rings. The monoisotopic (exact) mass is 761 g/mol. The molecular weight excluding hydrogens is 727 g/mol. The predicted molar refractivity (Wildman–Crippen MR) is 252 cm³/mol. The van der Waals surface area contributed by atoms with Crippen LogP contribution in [0.2, 0.25) is 0 Å². The van der Waals surface area contributed by atoms with Crippen molar-refractivity contribution < 1.29 is 0 Å². The van der Waals surface area contributed by atoms with Crippen molar-refractivity contribution in [3.63, 3.8) is 0 Å². The van der Waals surface area contributed by atoms with Gasteiger partial charge in [-0.3, -0.25) is 4.98 Å². The van der Waals surface area contributed by atoms with Gasteiger partial charge in [-0.15, -0.1) is 0 Å². The molecule has 0 radical (unpaired) electrons. The molecule has 3 nitrogen and oxygen atoms in total. The minimum absolute atomic E-state index is 0.682. The Kier molecular flexibility index (Phi) is 7.85. The first-order chi connectivity index (χ1) is 29.7. The van der Waals surface area contributed by atoms with Gasteiger partial charge in [0, 0.05) is 29.1 Å². The zero-order valence-corrected chi connectivity index (χ0v) is 32.5. The molecule has 3 heteroatoms. The number of aromatic nitrogens is 3. The summed E-state index contributed by atoms with van der Waals surface area (Å²) >= 11 is 0. The zero-order valence-electron chi connectivity index (χ0n) is 32.5. The lowest BCUT2D eigenvalue weighted by atomic mass is 9.88. The van der Waals surface area contributed by atoms with E-state index in [1.165, 1.54) is 64.8 Å². The van der Waals surface area contributed by atoms with Crippen molar-refractivity contribution in [2.45, 2.75) is 0 Å². The SMILES string of the molecule is c1cncc(-c2ccc(-c3cc(-c4cc5c6ccccc6c6ccccc6c5c5ccccc45)nc(-c4ccc(-c5cc6ccccc6c6ccccc56)cc4)n3)cc2)c1. The van der Waals surface area contributed by atoms with Crippen LogP contribution >= 0.6 is 0 Å². The van der Waals surface area contributed by atoms with Crippen LogP contribution in [0, 0.1) is 0 Å². The molecule has 0 aliphatic carbocycles. The van der Waals surface area contributed by atoms with Gasteiger partial charge in [0.2, 0.25) is 0 Å². The van der Waals surface area contributed by atoms with Crippen LogP contribution in [-0.2, 0) is 0 Å². The van der Waals surface area contributed by atoms with Crippen molar-refractivity contribution >= 4 is 64.6 Å². The molecule has 0 fully saturated rings. The molecule has 2 aromatic heterocycles. The van der Waals surface area contributed by atoms with Gasteiger partial charge >= 0.3 is 0 Å². The lowest BCUT2D eigenvalue weighted by molar-refractivity contribution is 1.19. The van der Waals surface area contributed by atoms with Gasteiger partial charge in [-0.1, -0.05) is 176 Å². The van der Waals surface area contributed by atoms with E-state index in [0.717, 1.165) is 50.2 Å². The molecule has 0 unspecified atom stereocenters. The summed E-state index contributed by atoms with van der Waals surface area (Å²) in [4.78, 5) is 15.1. The summed E-state index contributed by atoms with van der Waals surface area (Å²) in [5, 5.41) is 14.8. The van der Waals surface area contributed by atoms with E-state index in [9.17, 15) is 0 Å².